The van der Waals surface area contributed by atoms with E-state index in [0.29, 0.717) is 16.1 Å². The van der Waals surface area contributed by atoms with Crippen molar-refractivity contribution in [2.45, 2.75) is 51.5 Å². The number of hydrogen-bond acceptors (Lipinski definition) is 3. The SMILES string of the molecule is C=C(CCC)c1cnc2ccc(-c3cc(Cl)cc(Cl)c3)cc2c1NC1CCC(CN(C)C)CC1. The third-order valence-electron chi connectivity index (χ3n) is 6.82. The molecule has 0 atom stereocenters. The van der Waals surface area contributed by atoms with E-state index in [2.05, 4.69) is 56.0 Å². The molecule has 1 aliphatic rings. The van der Waals surface area contributed by atoms with E-state index in [1.807, 2.05) is 18.3 Å². The van der Waals surface area contributed by atoms with E-state index in [0.717, 1.165) is 57.6 Å². The minimum absolute atomic E-state index is 0.460. The molecular weight excluding hydrogens is 461 g/mol. The summed E-state index contributed by atoms with van der Waals surface area (Å²) in [6.45, 7) is 7.77. The van der Waals surface area contributed by atoms with Crippen LogP contribution in [0.1, 0.15) is 51.0 Å². The van der Waals surface area contributed by atoms with Crippen molar-refractivity contribution in [1.29, 1.82) is 0 Å². The molecule has 2 aromatic carbocycles. The Labute approximate surface area is 214 Å². The van der Waals surface area contributed by atoms with E-state index in [9.17, 15) is 0 Å². The van der Waals surface area contributed by atoms with E-state index in [1.165, 1.54) is 32.2 Å². The van der Waals surface area contributed by atoms with Gasteiger partial charge >= 0.3 is 0 Å². The summed E-state index contributed by atoms with van der Waals surface area (Å²) in [5.74, 6) is 0.788. The molecule has 0 aliphatic heterocycles. The number of hydrogen-bond donors (Lipinski definition) is 1. The number of anilines is 1. The molecule has 0 radical (unpaired) electrons. The Morgan fingerprint density at radius 1 is 1.03 bits per heavy atom. The molecule has 4 rings (SSSR count). The van der Waals surface area contributed by atoms with E-state index >= 15 is 0 Å². The van der Waals surface area contributed by atoms with Crippen molar-refractivity contribution in [2.75, 3.05) is 26.0 Å². The second kappa shape index (κ2) is 11.1. The van der Waals surface area contributed by atoms with Crippen molar-refractivity contribution in [3.63, 3.8) is 0 Å². The van der Waals surface area contributed by atoms with Gasteiger partial charge in [0.15, 0.2) is 0 Å². The van der Waals surface area contributed by atoms with Gasteiger partial charge in [0, 0.05) is 39.8 Å². The zero-order chi connectivity index (χ0) is 24.2. The molecule has 1 N–H and O–H groups in total. The summed E-state index contributed by atoms with van der Waals surface area (Å²) in [6.07, 6.45) is 8.91. The smallest absolute Gasteiger partial charge is 0.0723 e. The summed E-state index contributed by atoms with van der Waals surface area (Å²) in [5, 5.41) is 6.34. The number of pyridine rings is 1. The fraction of sp³-hybridized carbons (Fsp3) is 0.414. The van der Waals surface area contributed by atoms with E-state index in [-0.39, 0.29) is 0 Å². The van der Waals surface area contributed by atoms with Crippen LogP contribution in [0.5, 0.6) is 0 Å². The van der Waals surface area contributed by atoms with Crippen LogP contribution in [0.4, 0.5) is 5.69 Å². The number of rotatable bonds is 8. The highest BCUT2D eigenvalue weighted by Gasteiger charge is 2.23. The molecule has 3 aromatic rings. The summed E-state index contributed by atoms with van der Waals surface area (Å²) in [4.78, 5) is 7.11. The van der Waals surface area contributed by atoms with Gasteiger partial charge in [0.05, 0.1) is 11.2 Å². The highest BCUT2D eigenvalue weighted by atomic mass is 35.5. The van der Waals surface area contributed by atoms with E-state index in [4.69, 9.17) is 28.2 Å². The molecule has 34 heavy (non-hydrogen) atoms. The van der Waals surface area contributed by atoms with Crippen LogP contribution in [0.3, 0.4) is 0 Å². The molecule has 3 nitrogen and oxygen atoms in total. The predicted molar refractivity (Wildman–Crippen MR) is 149 cm³/mol. The third-order valence-corrected chi connectivity index (χ3v) is 7.25. The minimum atomic E-state index is 0.460. The lowest BCUT2D eigenvalue weighted by molar-refractivity contribution is 0.255. The van der Waals surface area contributed by atoms with E-state index < -0.39 is 0 Å². The Kier molecular flexibility index (Phi) is 8.18. The van der Waals surface area contributed by atoms with Gasteiger partial charge in [0.1, 0.15) is 0 Å². The summed E-state index contributed by atoms with van der Waals surface area (Å²) in [7, 11) is 4.34. The maximum atomic E-state index is 6.30. The lowest BCUT2D eigenvalue weighted by Crippen LogP contribution is -2.31. The second-order valence-electron chi connectivity index (χ2n) is 9.91. The van der Waals surface area contributed by atoms with Crippen LogP contribution in [0.2, 0.25) is 10.0 Å². The van der Waals surface area contributed by atoms with Crippen LogP contribution in [-0.2, 0) is 0 Å². The molecule has 180 valence electrons. The molecule has 5 heteroatoms. The van der Waals surface area contributed by atoms with Crippen LogP contribution in [0.25, 0.3) is 27.6 Å². The first-order chi connectivity index (χ1) is 16.3. The quantitative estimate of drug-likeness (QED) is 0.339. The fourth-order valence-corrected chi connectivity index (χ4v) is 5.69. The van der Waals surface area contributed by atoms with Gasteiger partial charge in [-0.05, 0) is 99.1 Å². The standard InChI is InChI=1S/C29H35Cl2N3/c1-5-6-19(2)27-17-32-28-12-9-21(22-13-23(30)16-24(31)14-22)15-26(28)29(27)33-25-10-7-20(8-11-25)18-34(3)4/h9,12-17,20,25H,2,5-8,10-11,18H2,1,3-4H3,(H,32,33). The summed E-state index contributed by atoms with van der Waals surface area (Å²) in [6, 6.07) is 12.5. The Bertz CT molecular complexity index is 1140. The van der Waals surface area contributed by atoms with Crippen LogP contribution >= 0.6 is 23.2 Å². The maximum absolute atomic E-state index is 6.30. The lowest BCUT2D eigenvalue weighted by Gasteiger charge is -2.32. The third kappa shape index (κ3) is 5.94. The van der Waals surface area contributed by atoms with Crippen molar-refractivity contribution in [2.24, 2.45) is 5.92 Å². The highest BCUT2D eigenvalue weighted by Crippen LogP contribution is 2.37. The Hall–Kier alpha value is -2.07. The first-order valence-corrected chi connectivity index (χ1v) is 13.1. The number of halogens is 2. The number of nitrogens with one attached hydrogen (secondary N) is 1. The van der Waals surface area contributed by atoms with Gasteiger partial charge in [0.2, 0.25) is 0 Å². The Morgan fingerprint density at radius 2 is 1.74 bits per heavy atom. The maximum Gasteiger partial charge on any atom is 0.0723 e. The molecule has 1 heterocycles. The molecule has 0 bridgehead atoms. The second-order valence-corrected chi connectivity index (χ2v) is 10.8. The first kappa shape index (κ1) is 25.0. The Morgan fingerprint density at radius 3 is 2.38 bits per heavy atom. The van der Waals surface area contributed by atoms with Crippen molar-refractivity contribution < 1.29 is 0 Å². The van der Waals surface area contributed by atoms with Gasteiger partial charge in [-0.3, -0.25) is 4.98 Å². The molecule has 1 fully saturated rings. The lowest BCUT2D eigenvalue weighted by atomic mass is 9.85. The number of allylic oxidation sites excluding steroid dienone is 1. The average Bonchev–Trinajstić information content (AvgIpc) is 2.79. The monoisotopic (exact) mass is 495 g/mol. The highest BCUT2D eigenvalue weighted by molar-refractivity contribution is 6.35. The van der Waals surface area contributed by atoms with E-state index in [1.54, 1.807) is 6.07 Å². The zero-order valence-electron chi connectivity index (χ0n) is 20.5. The largest absolute Gasteiger partial charge is 0.381 e. The molecule has 1 aromatic heterocycles. The molecule has 1 aliphatic carbocycles. The zero-order valence-corrected chi connectivity index (χ0v) is 22.0. The van der Waals surface area contributed by atoms with Gasteiger partial charge in [0.25, 0.3) is 0 Å². The average molecular weight is 497 g/mol. The molecule has 0 saturated heterocycles. The Balaban J connectivity index is 1.72. The van der Waals surface area contributed by atoms with Gasteiger partial charge in [-0.1, -0.05) is 49.2 Å². The predicted octanol–water partition coefficient (Wildman–Crippen LogP) is 8.55. The number of nitrogens with zero attached hydrogens (tertiary/aromatic N) is 2. The van der Waals surface area contributed by atoms with Gasteiger partial charge in [-0.2, -0.15) is 0 Å². The molecule has 0 spiro atoms. The van der Waals surface area contributed by atoms with Crippen molar-refractivity contribution in [1.82, 2.24) is 9.88 Å². The number of fused-ring (bicyclic) bond motifs is 1. The summed E-state index contributed by atoms with van der Waals surface area (Å²) in [5.41, 5.74) is 6.49. The molecule has 0 amide bonds. The van der Waals surface area contributed by atoms with Crippen LogP contribution < -0.4 is 5.32 Å². The number of aromatic nitrogens is 1. The normalized spacial score (nSPS) is 18.4. The molecular formula is C29H35Cl2N3. The summed E-state index contributed by atoms with van der Waals surface area (Å²) >= 11 is 12.6. The van der Waals surface area contributed by atoms with Gasteiger partial charge in [-0.25, -0.2) is 0 Å². The number of benzene rings is 2. The molecule has 0 unspecified atom stereocenters. The first-order valence-electron chi connectivity index (χ1n) is 12.3. The fourth-order valence-electron chi connectivity index (χ4n) is 5.16. The van der Waals surface area contributed by atoms with Gasteiger partial charge < -0.3 is 10.2 Å². The van der Waals surface area contributed by atoms with Crippen molar-refractivity contribution >= 4 is 45.4 Å². The van der Waals surface area contributed by atoms with Crippen LogP contribution in [0.15, 0.2) is 49.2 Å². The summed E-state index contributed by atoms with van der Waals surface area (Å²) < 4.78 is 0. The molecule has 1 saturated carbocycles. The van der Waals surface area contributed by atoms with Crippen LogP contribution in [-0.4, -0.2) is 36.6 Å². The van der Waals surface area contributed by atoms with Crippen molar-refractivity contribution in [3.05, 3.63) is 64.8 Å². The van der Waals surface area contributed by atoms with Crippen LogP contribution in [0, 0.1) is 5.92 Å². The van der Waals surface area contributed by atoms with Crippen molar-refractivity contribution in [3.8, 4) is 11.1 Å². The van der Waals surface area contributed by atoms with Gasteiger partial charge in [-0.15, -0.1) is 0 Å². The topological polar surface area (TPSA) is 28.2 Å². The minimum Gasteiger partial charge on any atom is -0.381 e.